The van der Waals surface area contributed by atoms with E-state index in [0.29, 0.717) is 0 Å². The monoisotopic (exact) mass is 180 g/mol. The minimum Gasteiger partial charge on any atom is -0.0880 e. The lowest BCUT2D eigenvalue weighted by Gasteiger charge is -2.19. The fraction of sp³-hybridized carbons (Fsp3) is 0.846. The largest absolute Gasteiger partial charge is 0.0880 e. The van der Waals surface area contributed by atoms with E-state index in [2.05, 4.69) is 32.9 Å². The van der Waals surface area contributed by atoms with Crippen molar-refractivity contribution in [3.8, 4) is 0 Å². The van der Waals surface area contributed by atoms with E-state index in [1.807, 2.05) is 0 Å². The van der Waals surface area contributed by atoms with Gasteiger partial charge in [0.15, 0.2) is 0 Å². The second-order valence-corrected chi connectivity index (χ2v) is 4.89. The van der Waals surface area contributed by atoms with Crippen LogP contribution in [0.15, 0.2) is 12.2 Å². The second-order valence-electron chi connectivity index (χ2n) is 4.89. The van der Waals surface area contributed by atoms with Crippen molar-refractivity contribution in [1.82, 2.24) is 0 Å². The summed E-state index contributed by atoms with van der Waals surface area (Å²) in [5.41, 5.74) is 0. The molecule has 0 saturated heterocycles. The normalized spacial score (nSPS) is 37.3. The predicted molar refractivity (Wildman–Crippen MR) is 59.7 cm³/mol. The van der Waals surface area contributed by atoms with Crippen molar-refractivity contribution >= 4 is 0 Å². The van der Waals surface area contributed by atoms with E-state index in [0.717, 1.165) is 17.8 Å². The van der Waals surface area contributed by atoms with E-state index in [9.17, 15) is 0 Å². The van der Waals surface area contributed by atoms with Gasteiger partial charge in [-0.15, -0.1) is 0 Å². The van der Waals surface area contributed by atoms with Gasteiger partial charge >= 0.3 is 0 Å². The third-order valence-corrected chi connectivity index (χ3v) is 3.48. The van der Waals surface area contributed by atoms with E-state index in [1.165, 1.54) is 32.1 Å². The lowest BCUT2D eigenvalue weighted by molar-refractivity contribution is 0.385. The van der Waals surface area contributed by atoms with Gasteiger partial charge in [-0.1, -0.05) is 58.6 Å². The van der Waals surface area contributed by atoms with E-state index in [-0.39, 0.29) is 0 Å². The summed E-state index contributed by atoms with van der Waals surface area (Å²) in [6.45, 7) is 7.12. The summed E-state index contributed by atoms with van der Waals surface area (Å²) in [6.07, 6.45) is 11.8. The quantitative estimate of drug-likeness (QED) is 0.484. The van der Waals surface area contributed by atoms with Gasteiger partial charge < -0.3 is 0 Å². The molecule has 0 radical (unpaired) electrons. The molecule has 3 unspecified atom stereocenters. The van der Waals surface area contributed by atoms with Gasteiger partial charge in [0, 0.05) is 0 Å². The Kier molecular flexibility index (Phi) is 4.55. The summed E-state index contributed by atoms with van der Waals surface area (Å²) in [5, 5.41) is 0. The third kappa shape index (κ3) is 3.97. The molecule has 0 saturated carbocycles. The first-order valence-electron chi connectivity index (χ1n) is 5.87. The van der Waals surface area contributed by atoms with Gasteiger partial charge in [0.1, 0.15) is 0 Å². The molecule has 0 N–H and O–H groups in total. The Balaban J connectivity index is 2.47. The minimum atomic E-state index is 0.783. The first-order valence-corrected chi connectivity index (χ1v) is 5.87. The maximum Gasteiger partial charge on any atom is -0.0236 e. The van der Waals surface area contributed by atoms with Gasteiger partial charge in [-0.3, -0.25) is 0 Å². The Bertz CT molecular complexity index is 157. The summed E-state index contributed by atoms with van der Waals surface area (Å²) < 4.78 is 0. The van der Waals surface area contributed by atoms with Gasteiger partial charge in [0.25, 0.3) is 0 Å². The van der Waals surface area contributed by atoms with Crippen molar-refractivity contribution in [2.45, 2.75) is 52.9 Å². The molecule has 13 heavy (non-hydrogen) atoms. The van der Waals surface area contributed by atoms with Crippen LogP contribution >= 0.6 is 0 Å². The van der Waals surface area contributed by atoms with Gasteiger partial charge in [0.2, 0.25) is 0 Å². The molecule has 0 aromatic heterocycles. The molecule has 0 nitrogen and oxygen atoms in total. The van der Waals surface area contributed by atoms with Crippen LogP contribution in [0.4, 0.5) is 0 Å². The van der Waals surface area contributed by atoms with Crippen LogP contribution in [-0.2, 0) is 0 Å². The fourth-order valence-corrected chi connectivity index (χ4v) is 2.06. The van der Waals surface area contributed by atoms with Crippen molar-refractivity contribution < 1.29 is 0 Å². The maximum atomic E-state index is 2.42. The van der Waals surface area contributed by atoms with Crippen LogP contribution in [0.25, 0.3) is 0 Å². The summed E-state index contributed by atoms with van der Waals surface area (Å²) in [6, 6.07) is 0. The number of allylic oxidation sites excluding steroid dienone is 2. The van der Waals surface area contributed by atoms with Crippen LogP contribution in [0.3, 0.4) is 0 Å². The van der Waals surface area contributed by atoms with Crippen LogP contribution in [0.5, 0.6) is 0 Å². The molecule has 1 aliphatic rings. The Morgan fingerprint density at radius 2 is 1.69 bits per heavy atom. The summed E-state index contributed by atoms with van der Waals surface area (Å²) in [4.78, 5) is 0. The maximum absolute atomic E-state index is 2.42. The Labute approximate surface area is 83.4 Å². The molecule has 0 aromatic rings. The van der Waals surface area contributed by atoms with Crippen LogP contribution in [-0.4, -0.2) is 0 Å². The molecule has 3 atom stereocenters. The van der Waals surface area contributed by atoms with Gasteiger partial charge in [0.05, 0.1) is 0 Å². The highest BCUT2D eigenvalue weighted by Crippen LogP contribution is 2.23. The van der Waals surface area contributed by atoms with E-state index in [4.69, 9.17) is 0 Å². The number of hydrogen-bond donors (Lipinski definition) is 0. The zero-order chi connectivity index (χ0) is 9.68. The Morgan fingerprint density at radius 3 is 2.46 bits per heavy atom. The fourth-order valence-electron chi connectivity index (χ4n) is 2.06. The number of rotatable bonds is 0. The smallest absolute Gasteiger partial charge is 0.0236 e. The highest BCUT2D eigenvalue weighted by Gasteiger charge is 2.10. The van der Waals surface area contributed by atoms with Gasteiger partial charge in [-0.05, 0) is 24.2 Å². The molecule has 76 valence electrons. The molecule has 0 amide bonds. The number of hydrogen-bond acceptors (Lipinski definition) is 0. The minimum absolute atomic E-state index is 0.783. The summed E-state index contributed by atoms with van der Waals surface area (Å²) in [7, 11) is 0. The van der Waals surface area contributed by atoms with Gasteiger partial charge in [-0.2, -0.15) is 0 Å². The van der Waals surface area contributed by atoms with Gasteiger partial charge in [-0.25, -0.2) is 0 Å². The lowest BCUT2D eigenvalue weighted by atomic mass is 9.87. The molecule has 1 rings (SSSR count). The molecule has 0 aromatic carbocycles. The highest BCUT2D eigenvalue weighted by molar-refractivity contribution is 4.90. The second kappa shape index (κ2) is 5.47. The average molecular weight is 180 g/mol. The van der Waals surface area contributed by atoms with Crippen LogP contribution in [0, 0.1) is 17.8 Å². The first kappa shape index (κ1) is 10.8. The van der Waals surface area contributed by atoms with Crippen LogP contribution in [0.2, 0.25) is 0 Å². The Morgan fingerprint density at radius 1 is 1.00 bits per heavy atom. The predicted octanol–water partition coefficient (Wildman–Crippen LogP) is 4.42. The third-order valence-electron chi connectivity index (χ3n) is 3.48. The topological polar surface area (TPSA) is 0 Å². The van der Waals surface area contributed by atoms with E-state index in [1.54, 1.807) is 0 Å². The average Bonchev–Trinajstić information content (AvgIpc) is 2.11. The van der Waals surface area contributed by atoms with E-state index < -0.39 is 0 Å². The summed E-state index contributed by atoms with van der Waals surface area (Å²) >= 11 is 0. The highest BCUT2D eigenvalue weighted by atomic mass is 14.2. The molecule has 0 aliphatic heterocycles. The van der Waals surface area contributed by atoms with Crippen molar-refractivity contribution in [2.75, 3.05) is 0 Å². The SMILES string of the molecule is CC1CC=CC(C)C(C)CCCC1. The molecule has 0 bridgehead atoms. The van der Waals surface area contributed by atoms with Crippen LogP contribution < -0.4 is 0 Å². The molecule has 0 heterocycles. The standard InChI is InChI=1S/C13H24/c1-11-7-4-5-9-12(2)13(3)10-6-8-11/h6,10-13H,4-5,7-9H2,1-3H3. The Hall–Kier alpha value is -0.260. The lowest BCUT2D eigenvalue weighted by Crippen LogP contribution is -2.07. The molecular weight excluding hydrogens is 156 g/mol. The van der Waals surface area contributed by atoms with E-state index >= 15 is 0 Å². The van der Waals surface area contributed by atoms with Crippen LogP contribution in [0.1, 0.15) is 52.9 Å². The van der Waals surface area contributed by atoms with Crippen molar-refractivity contribution in [3.05, 3.63) is 12.2 Å². The molecule has 1 aliphatic carbocycles. The van der Waals surface area contributed by atoms with Crippen molar-refractivity contribution in [2.24, 2.45) is 17.8 Å². The molecular formula is C13H24. The zero-order valence-electron chi connectivity index (χ0n) is 9.42. The van der Waals surface area contributed by atoms with Crippen molar-refractivity contribution in [1.29, 1.82) is 0 Å². The first-order chi connectivity index (χ1) is 6.20. The molecule has 0 spiro atoms. The molecule has 0 fully saturated rings. The summed E-state index contributed by atoms with van der Waals surface area (Å²) in [5.74, 6) is 2.56. The van der Waals surface area contributed by atoms with Crippen molar-refractivity contribution in [3.63, 3.8) is 0 Å². The molecule has 0 heteroatoms. The zero-order valence-corrected chi connectivity index (χ0v) is 9.42.